The second-order valence-electron chi connectivity index (χ2n) is 3.60. The highest BCUT2D eigenvalue weighted by atomic mass is 79.9. The third kappa shape index (κ3) is 3.46. The molecule has 0 bridgehead atoms. The standard InChI is InChI=1S/C13H11Br2NO2/c1-17-13-3-2-9(4-12(13)15)8-18-11-5-10(14)6-16-7-11/h2-7H,8H2,1H3. The van der Waals surface area contributed by atoms with Crippen LogP contribution in [0.5, 0.6) is 11.5 Å². The molecule has 0 unspecified atom stereocenters. The number of hydrogen-bond acceptors (Lipinski definition) is 3. The van der Waals surface area contributed by atoms with E-state index in [0.29, 0.717) is 6.61 Å². The number of rotatable bonds is 4. The van der Waals surface area contributed by atoms with Gasteiger partial charge in [-0.15, -0.1) is 0 Å². The Labute approximate surface area is 122 Å². The number of hydrogen-bond donors (Lipinski definition) is 0. The molecule has 0 spiro atoms. The lowest BCUT2D eigenvalue weighted by Gasteiger charge is -2.08. The second-order valence-corrected chi connectivity index (χ2v) is 5.37. The highest BCUT2D eigenvalue weighted by Gasteiger charge is 2.02. The summed E-state index contributed by atoms with van der Waals surface area (Å²) in [6.45, 7) is 0.487. The number of benzene rings is 1. The summed E-state index contributed by atoms with van der Waals surface area (Å²) in [7, 11) is 1.64. The van der Waals surface area contributed by atoms with E-state index in [1.165, 1.54) is 0 Å². The van der Waals surface area contributed by atoms with E-state index in [1.807, 2.05) is 24.3 Å². The molecule has 1 heterocycles. The van der Waals surface area contributed by atoms with Gasteiger partial charge >= 0.3 is 0 Å². The SMILES string of the molecule is COc1ccc(COc2cncc(Br)c2)cc1Br. The van der Waals surface area contributed by atoms with Gasteiger partial charge in [0.25, 0.3) is 0 Å². The summed E-state index contributed by atoms with van der Waals surface area (Å²) in [5.74, 6) is 1.54. The van der Waals surface area contributed by atoms with E-state index in [2.05, 4.69) is 36.8 Å². The Bertz CT molecular complexity index is 546. The van der Waals surface area contributed by atoms with Crippen molar-refractivity contribution in [1.82, 2.24) is 4.98 Å². The first-order valence-corrected chi connectivity index (χ1v) is 6.83. The third-order valence-electron chi connectivity index (χ3n) is 2.30. The molecule has 0 aliphatic heterocycles. The predicted molar refractivity (Wildman–Crippen MR) is 77.0 cm³/mol. The average molecular weight is 373 g/mol. The molecule has 3 nitrogen and oxygen atoms in total. The highest BCUT2D eigenvalue weighted by molar-refractivity contribution is 9.10. The van der Waals surface area contributed by atoms with E-state index in [4.69, 9.17) is 9.47 Å². The van der Waals surface area contributed by atoms with Gasteiger partial charge in [-0.3, -0.25) is 4.98 Å². The maximum atomic E-state index is 5.65. The first-order chi connectivity index (χ1) is 8.69. The van der Waals surface area contributed by atoms with Gasteiger partial charge in [-0.25, -0.2) is 0 Å². The molecule has 0 N–H and O–H groups in total. The van der Waals surface area contributed by atoms with Crippen LogP contribution in [0.4, 0.5) is 0 Å². The fourth-order valence-corrected chi connectivity index (χ4v) is 2.37. The van der Waals surface area contributed by atoms with Crippen LogP contribution in [0.2, 0.25) is 0 Å². The summed E-state index contributed by atoms with van der Waals surface area (Å²) < 4.78 is 12.6. The summed E-state index contributed by atoms with van der Waals surface area (Å²) >= 11 is 6.80. The van der Waals surface area contributed by atoms with Crippen molar-refractivity contribution in [2.24, 2.45) is 0 Å². The smallest absolute Gasteiger partial charge is 0.139 e. The fraction of sp³-hybridized carbons (Fsp3) is 0.154. The zero-order valence-electron chi connectivity index (χ0n) is 9.69. The van der Waals surface area contributed by atoms with Crippen molar-refractivity contribution in [2.45, 2.75) is 6.61 Å². The molecule has 0 saturated heterocycles. The number of nitrogens with zero attached hydrogens (tertiary/aromatic N) is 1. The number of halogens is 2. The van der Waals surface area contributed by atoms with E-state index in [0.717, 1.165) is 26.0 Å². The van der Waals surface area contributed by atoms with Gasteiger partial charge < -0.3 is 9.47 Å². The fourth-order valence-electron chi connectivity index (χ4n) is 1.44. The van der Waals surface area contributed by atoms with Crippen LogP contribution in [0.15, 0.2) is 45.6 Å². The van der Waals surface area contributed by atoms with Crippen LogP contribution in [0.25, 0.3) is 0 Å². The van der Waals surface area contributed by atoms with Crippen molar-refractivity contribution in [3.63, 3.8) is 0 Å². The largest absolute Gasteiger partial charge is 0.496 e. The molecule has 0 amide bonds. The highest BCUT2D eigenvalue weighted by Crippen LogP contribution is 2.26. The van der Waals surface area contributed by atoms with Crippen molar-refractivity contribution >= 4 is 31.9 Å². The van der Waals surface area contributed by atoms with Crippen molar-refractivity contribution in [2.75, 3.05) is 7.11 Å². The van der Waals surface area contributed by atoms with Crippen LogP contribution >= 0.6 is 31.9 Å². The number of aromatic nitrogens is 1. The normalized spacial score (nSPS) is 10.2. The topological polar surface area (TPSA) is 31.4 Å². The van der Waals surface area contributed by atoms with Crippen LogP contribution in [0, 0.1) is 0 Å². The minimum atomic E-state index is 0.487. The van der Waals surface area contributed by atoms with Crippen LogP contribution < -0.4 is 9.47 Å². The maximum Gasteiger partial charge on any atom is 0.139 e. The lowest BCUT2D eigenvalue weighted by atomic mass is 10.2. The van der Waals surface area contributed by atoms with Gasteiger partial charge in [0.2, 0.25) is 0 Å². The van der Waals surface area contributed by atoms with Gasteiger partial charge in [-0.1, -0.05) is 6.07 Å². The zero-order valence-corrected chi connectivity index (χ0v) is 12.9. The van der Waals surface area contributed by atoms with E-state index in [9.17, 15) is 0 Å². The Hall–Kier alpha value is -1.07. The molecule has 0 radical (unpaired) electrons. The molecule has 0 atom stereocenters. The van der Waals surface area contributed by atoms with Crippen LogP contribution in [-0.4, -0.2) is 12.1 Å². The summed E-state index contributed by atoms with van der Waals surface area (Å²) in [5.41, 5.74) is 1.06. The molecule has 2 aromatic rings. The van der Waals surface area contributed by atoms with E-state index >= 15 is 0 Å². The van der Waals surface area contributed by atoms with Crippen LogP contribution in [-0.2, 0) is 6.61 Å². The molecule has 1 aromatic heterocycles. The van der Waals surface area contributed by atoms with E-state index in [-0.39, 0.29) is 0 Å². The Morgan fingerprint density at radius 2 is 2.00 bits per heavy atom. The number of methoxy groups -OCH3 is 1. The average Bonchev–Trinajstić information content (AvgIpc) is 2.37. The Balaban J connectivity index is 2.04. The van der Waals surface area contributed by atoms with Crippen molar-refractivity contribution in [3.8, 4) is 11.5 Å². The third-order valence-corrected chi connectivity index (χ3v) is 3.35. The van der Waals surface area contributed by atoms with Gasteiger partial charge in [0.1, 0.15) is 18.1 Å². The van der Waals surface area contributed by atoms with Gasteiger partial charge in [0, 0.05) is 10.7 Å². The molecular weight excluding hydrogens is 362 g/mol. The molecule has 18 heavy (non-hydrogen) atoms. The molecule has 94 valence electrons. The van der Waals surface area contributed by atoms with Crippen LogP contribution in [0.1, 0.15) is 5.56 Å². The van der Waals surface area contributed by atoms with Crippen molar-refractivity contribution in [1.29, 1.82) is 0 Å². The van der Waals surface area contributed by atoms with Crippen molar-refractivity contribution in [3.05, 3.63) is 51.2 Å². The second kappa shape index (κ2) is 6.20. The monoisotopic (exact) mass is 371 g/mol. The molecule has 5 heteroatoms. The summed E-state index contributed by atoms with van der Waals surface area (Å²) in [4.78, 5) is 4.04. The molecular formula is C13H11Br2NO2. The lowest BCUT2D eigenvalue weighted by molar-refractivity contribution is 0.304. The Morgan fingerprint density at radius 1 is 1.17 bits per heavy atom. The molecule has 2 rings (SSSR count). The first kappa shape index (κ1) is 13.4. The van der Waals surface area contributed by atoms with Gasteiger partial charge in [0.15, 0.2) is 0 Å². The number of pyridine rings is 1. The molecule has 1 aromatic carbocycles. The molecule has 0 fully saturated rings. The lowest BCUT2D eigenvalue weighted by Crippen LogP contribution is -1.96. The Kier molecular flexibility index (Phi) is 4.60. The van der Waals surface area contributed by atoms with Crippen molar-refractivity contribution < 1.29 is 9.47 Å². The summed E-state index contributed by atoms with van der Waals surface area (Å²) in [6.07, 6.45) is 3.40. The van der Waals surface area contributed by atoms with E-state index in [1.54, 1.807) is 19.5 Å². The summed E-state index contributed by atoms with van der Waals surface area (Å²) in [6, 6.07) is 7.73. The maximum absolute atomic E-state index is 5.65. The quantitative estimate of drug-likeness (QED) is 0.806. The zero-order chi connectivity index (χ0) is 13.0. The Morgan fingerprint density at radius 3 is 2.67 bits per heavy atom. The van der Waals surface area contributed by atoms with Gasteiger partial charge in [-0.05, 0) is 55.6 Å². The number of ether oxygens (including phenoxy) is 2. The summed E-state index contributed by atoms with van der Waals surface area (Å²) in [5, 5.41) is 0. The van der Waals surface area contributed by atoms with Crippen LogP contribution in [0.3, 0.4) is 0 Å². The minimum absolute atomic E-state index is 0.487. The van der Waals surface area contributed by atoms with Gasteiger partial charge in [0.05, 0.1) is 17.8 Å². The van der Waals surface area contributed by atoms with E-state index < -0.39 is 0 Å². The van der Waals surface area contributed by atoms with Gasteiger partial charge in [-0.2, -0.15) is 0 Å². The molecule has 0 aliphatic carbocycles. The first-order valence-electron chi connectivity index (χ1n) is 5.25. The molecule has 0 saturated carbocycles. The minimum Gasteiger partial charge on any atom is -0.496 e. The molecule has 0 aliphatic rings. The predicted octanol–water partition coefficient (Wildman–Crippen LogP) is 4.19.